The van der Waals surface area contributed by atoms with Crippen molar-refractivity contribution in [3.63, 3.8) is 0 Å². The van der Waals surface area contributed by atoms with E-state index >= 15 is 0 Å². The normalized spacial score (nSPS) is 19.9. The molecule has 184 valence electrons. The molecule has 0 amide bonds. The number of rotatable bonds is 5. The fraction of sp³-hybridized carbons (Fsp3) is 0.371. The zero-order valence-electron chi connectivity index (χ0n) is 22.2. The average Bonchev–Trinajstić information content (AvgIpc) is 2.89. The Balaban J connectivity index is 1.30. The van der Waals surface area contributed by atoms with Crippen LogP contribution < -0.4 is 0 Å². The summed E-state index contributed by atoms with van der Waals surface area (Å²) in [6.07, 6.45) is 6.66. The Hall–Kier alpha value is -2.90. The second-order valence-electron chi connectivity index (χ2n) is 11.7. The van der Waals surface area contributed by atoms with E-state index in [9.17, 15) is 0 Å². The van der Waals surface area contributed by atoms with Crippen molar-refractivity contribution < 1.29 is 4.74 Å². The Morgan fingerprint density at radius 3 is 1.67 bits per heavy atom. The Morgan fingerprint density at radius 1 is 0.667 bits per heavy atom. The van der Waals surface area contributed by atoms with Crippen LogP contribution in [0.4, 0.5) is 0 Å². The predicted molar refractivity (Wildman–Crippen MR) is 156 cm³/mol. The summed E-state index contributed by atoms with van der Waals surface area (Å²) in [7, 11) is 0. The van der Waals surface area contributed by atoms with Crippen LogP contribution in [-0.2, 0) is 10.3 Å². The van der Waals surface area contributed by atoms with E-state index in [-0.39, 0.29) is 5.60 Å². The van der Waals surface area contributed by atoms with Gasteiger partial charge in [-0.3, -0.25) is 0 Å². The molecule has 1 nitrogen and oxygen atoms in total. The molecule has 0 radical (unpaired) electrons. The summed E-state index contributed by atoms with van der Waals surface area (Å²) in [5.74, 6) is 1.71. The van der Waals surface area contributed by atoms with E-state index in [1.54, 1.807) is 0 Å². The number of hydrogen-bond donors (Lipinski definition) is 0. The van der Waals surface area contributed by atoms with Gasteiger partial charge >= 0.3 is 0 Å². The maximum absolute atomic E-state index is 6.76. The van der Waals surface area contributed by atoms with Gasteiger partial charge < -0.3 is 4.74 Å². The summed E-state index contributed by atoms with van der Waals surface area (Å²) >= 11 is 0. The lowest BCUT2D eigenvalue weighted by molar-refractivity contribution is -0.0954. The molecule has 1 fully saturated rings. The molecule has 0 N–H and O–H groups in total. The molecule has 1 saturated carbocycles. The third-order valence-electron chi connectivity index (χ3n) is 8.94. The standard InChI is InChI=1S/C35H38O/c1-5-23(2)24-11-14-34(15-12-24)36-35(3,4)33-13-10-27-18-30-19-28-16-25-8-6-7-9-26(25)17-29(28)20-31(30)21-32(27)22-33/h6-10,13,16-24,34H,5,11-12,14-15H2,1-4H3. The van der Waals surface area contributed by atoms with Crippen molar-refractivity contribution in [3.05, 3.63) is 84.4 Å². The van der Waals surface area contributed by atoms with Crippen molar-refractivity contribution in [2.75, 3.05) is 0 Å². The molecule has 1 heteroatoms. The monoisotopic (exact) mass is 474 g/mol. The number of ether oxygens (including phenoxy) is 1. The first-order chi connectivity index (χ1) is 17.4. The van der Waals surface area contributed by atoms with Gasteiger partial charge in [-0.25, -0.2) is 0 Å². The molecular formula is C35H38O. The minimum absolute atomic E-state index is 0.292. The molecular weight excluding hydrogens is 436 g/mol. The van der Waals surface area contributed by atoms with E-state index in [1.165, 1.54) is 80.8 Å². The van der Waals surface area contributed by atoms with Gasteiger partial charge in [0.25, 0.3) is 0 Å². The molecule has 6 rings (SSSR count). The molecule has 1 aliphatic rings. The van der Waals surface area contributed by atoms with Gasteiger partial charge in [-0.2, -0.15) is 0 Å². The minimum atomic E-state index is -0.292. The molecule has 0 bridgehead atoms. The smallest absolute Gasteiger partial charge is 0.0879 e. The molecule has 0 aliphatic heterocycles. The second-order valence-corrected chi connectivity index (χ2v) is 11.7. The van der Waals surface area contributed by atoms with Gasteiger partial charge in [-0.1, -0.05) is 56.7 Å². The van der Waals surface area contributed by atoms with Crippen molar-refractivity contribution in [1.82, 2.24) is 0 Å². The van der Waals surface area contributed by atoms with Crippen LogP contribution >= 0.6 is 0 Å². The van der Waals surface area contributed by atoms with Crippen molar-refractivity contribution in [2.45, 2.75) is 71.5 Å². The highest BCUT2D eigenvalue weighted by atomic mass is 16.5. The average molecular weight is 475 g/mol. The zero-order chi connectivity index (χ0) is 24.9. The van der Waals surface area contributed by atoms with Gasteiger partial charge in [0.2, 0.25) is 0 Å². The lowest BCUT2D eigenvalue weighted by Gasteiger charge is -2.37. The molecule has 1 unspecified atom stereocenters. The summed E-state index contributed by atoms with van der Waals surface area (Å²) in [6.45, 7) is 9.23. The summed E-state index contributed by atoms with van der Waals surface area (Å²) in [5, 5.41) is 10.4. The lowest BCUT2D eigenvalue weighted by Crippen LogP contribution is -2.32. The lowest BCUT2D eigenvalue weighted by atomic mass is 9.78. The molecule has 0 aromatic heterocycles. The van der Waals surface area contributed by atoms with Crippen LogP contribution in [-0.4, -0.2) is 6.10 Å². The molecule has 0 saturated heterocycles. The fourth-order valence-electron chi connectivity index (χ4n) is 6.41. The van der Waals surface area contributed by atoms with E-state index in [0.29, 0.717) is 6.10 Å². The van der Waals surface area contributed by atoms with Crippen molar-refractivity contribution in [2.24, 2.45) is 11.8 Å². The Bertz CT molecular complexity index is 1550. The van der Waals surface area contributed by atoms with Gasteiger partial charge in [0, 0.05) is 0 Å². The van der Waals surface area contributed by atoms with Crippen molar-refractivity contribution >= 4 is 43.1 Å². The third kappa shape index (κ3) is 4.39. The molecule has 0 heterocycles. The van der Waals surface area contributed by atoms with Gasteiger partial charge in [-0.15, -0.1) is 0 Å². The minimum Gasteiger partial charge on any atom is -0.368 e. The largest absolute Gasteiger partial charge is 0.368 e. The second kappa shape index (κ2) is 9.20. The van der Waals surface area contributed by atoms with Crippen LogP contribution in [0.1, 0.15) is 65.4 Å². The molecule has 1 aliphatic carbocycles. The van der Waals surface area contributed by atoms with Crippen LogP contribution in [0.2, 0.25) is 0 Å². The fourth-order valence-corrected chi connectivity index (χ4v) is 6.41. The van der Waals surface area contributed by atoms with Gasteiger partial charge in [0.15, 0.2) is 0 Å². The Labute approximate surface area is 215 Å². The quantitative estimate of drug-likeness (QED) is 0.230. The van der Waals surface area contributed by atoms with Crippen LogP contribution in [0.25, 0.3) is 43.1 Å². The van der Waals surface area contributed by atoms with Crippen LogP contribution in [0.5, 0.6) is 0 Å². The summed E-state index contributed by atoms with van der Waals surface area (Å²) < 4.78 is 6.76. The number of fused-ring (bicyclic) bond motifs is 4. The van der Waals surface area contributed by atoms with Crippen molar-refractivity contribution in [1.29, 1.82) is 0 Å². The highest BCUT2D eigenvalue weighted by Gasteiger charge is 2.30. The van der Waals surface area contributed by atoms with E-state index < -0.39 is 0 Å². The van der Waals surface area contributed by atoms with Crippen LogP contribution in [0.15, 0.2) is 78.9 Å². The van der Waals surface area contributed by atoms with Gasteiger partial charge in [-0.05, 0) is 142 Å². The SMILES string of the molecule is CCC(C)C1CCC(OC(C)(C)c2ccc3cc4cc5cc6ccccc6cc5cc4cc3c2)CC1. The zero-order valence-corrected chi connectivity index (χ0v) is 22.2. The third-order valence-corrected chi connectivity index (χ3v) is 8.94. The van der Waals surface area contributed by atoms with E-state index in [1.807, 2.05) is 0 Å². The summed E-state index contributed by atoms with van der Waals surface area (Å²) in [4.78, 5) is 0. The van der Waals surface area contributed by atoms with Crippen molar-refractivity contribution in [3.8, 4) is 0 Å². The van der Waals surface area contributed by atoms with Gasteiger partial charge in [0.05, 0.1) is 11.7 Å². The van der Waals surface area contributed by atoms with E-state index in [2.05, 4.69) is 107 Å². The maximum Gasteiger partial charge on any atom is 0.0879 e. The Kier molecular flexibility index (Phi) is 6.00. The molecule has 0 spiro atoms. The highest BCUT2D eigenvalue weighted by molar-refractivity contribution is 6.08. The molecule has 5 aromatic carbocycles. The van der Waals surface area contributed by atoms with Gasteiger partial charge in [0.1, 0.15) is 0 Å². The Morgan fingerprint density at radius 2 is 1.14 bits per heavy atom. The first-order valence-electron chi connectivity index (χ1n) is 13.9. The topological polar surface area (TPSA) is 9.23 Å². The molecule has 1 atom stereocenters. The number of benzene rings is 5. The summed E-state index contributed by atoms with van der Waals surface area (Å²) in [5.41, 5.74) is 0.976. The number of hydrogen-bond acceptors (Lipinski definition) is 1. The van der Waals surface area contributed by atoms with E-state index in [0.717, 1.165) is 11.8 Å². The predicted octanol–water partition coefficient (Wildman–Crippen LogP) is 10.2. The van der Waals surface area contributed by atoms with Crippen LogP contribution in [0, 0.1) is 11.8 Å². The highest BCUT2D eigenvalue weighted by Crippen LogP contribution is 2.38. The molecule has 36 heavy (non-hydrogen) atoms. The maximum atomic E-state index is 6.76. The van der Waals surface area contributed by atoms with E-state index in [4.69, 9.17) is 4.74 Å². The summed E-state index contributed by atoms with van der Waals surface area (Å²) in [6, 6.07) is 29.5. The van der Waals surface area contributed by atoms with Crippen LogP contribution in [0.3, 0.4) is 0 Å². The molecule has 5 aromatic rings. The first-order valence-corrected chi connectivity index (χ1v) is 13.9. The first kappa shape index (κ1) is 23.5.